The minimum Gasteiger partial charge on any atom is -0.491 e. The second kappa shape index (κ2) is 7.54. The second-order valence-corrected chi connectivity index (χ2v) is 5.67. The van der Waals surface area contributed by atoms with Gasteiger partial charge in [0.05, 0.1) is 6.04 Å². The Morgan fingerprint density at radius 3 is 2.84 bits per heavy atom. The fourth-order valence-corrected chi connectivity index (χ4v) is 2.78. The van der Waals surface area contributed by atoms with Gasteiger partial charge in [0.2, 0.25) is 0 Å². The van der Waals surface area contributed by atoms with Crippen LogP contribution in [0, 0.1) is 0 Å². The van der Waals surface area contributed by atoms with E-state index >= 15 is 0 Å². The lowest BCUT2D eigenvalue weighted by Crippen LogP contribution is -2.31. The van der Waals surface area contributed by atoms with E-state index in [1.807, 2.05) is 6.07 Å². The number of ether oxygens (including phenoxy) is 1. The molecule has 1 aromatic carbocycles. The molecule has 0 fully saturated rings. The Morgan fingerprint density at radius 1 is 1.21 bits per heavy atom. The van der Waals surface area contributed by atoms with E-state index in [0.29, 0.717) is 12.1 Å². The number of unbranched alkanes of at least 4 members (excludes halogenated alkanes) is 4. The molecule has 1 N–H and O–H groups in total. The van der Waals surface area contributed by atoms with Crippen molar-refractivity contribution in [1.82, 2.24) is 5.32 Å². The summed E-state index contributed by atoms with van der Waals surface area (Å²) in [6.45, 7) is 5.34. The molecule has 19 heavy (non-hydrogen) atoms. The molecule has 0 radical (unpaired) electrons. The zero-order valence-corrected chi connectivity index (χ0v) is 12.3. The van der Waals surface area contributed by atoms with Gasteiger partial charge < -0.3 is 10.1 Å². The summed E-state index contributed by atoms with van der Waals surface area (Å²) in [4.78, 5) is 0. The van der Waals surface area contributed by atoms with E-state index in [9.17, 15) is 0 Å². The molecule has 0 saturated heterocycles. The van der Waals surface area contributed by atoms with E-state index in [4.69, 9.17) is 4.74 Å². The molecule has 2 unspecified atom stereocenters. The van der Waals surface area contributed by atoms with Gasteiger partial charge in [-0.3, -0.25) is 0 Å². The van der Waals surface area contributed by atoms with Crippen molar-refractivity contribution >= 4 is 0 Å². The van der Waals surface area contributed by atoms with Gasteiger partial charge in [-0.15, -0.1) is 0 Å². The average Bonchev–Trinajstić information content (AvgIpc) is 2.82. The number of nitrogens with one attached hydrogen (secondary N) is 1. The molecule has 1 aromatic rings. The second-order valence-electron chi connectivity index (χ2n) is 5.67. The number of hydrogen-bond donors (Lipinski definition) is 1. The summed E-state index contributed by atoms with van der Waals surface area (Å²) < 4.78 is 5.71. The van der Waals surface area contributed by atoms with Crippen LogP contribution in [0.25, 0.3) is 0 Å². The first-order valence-corrected chi connectivity index (χ1v) is 7.79. The number of hydrogen-bond acceptors (Lipinski definition) is 2. The van der Waals surface area contributed by atoms with Gasteiger partial charge in [-0.05, 0) is 19.4 Å². The predicted molar refractivity (Wildman–Crippen MR) is 80.7 cm³/mol. The Morgan fingerprint density at radius 2 is 2.00 bits per heavy atom. The van der Waals surface area contributed by atoms with Crippen LogP contribution in [0.5, 0.6) is 5.75 Å². The maximum Gasteiger partial charge on any atom is 0.124 e. The van der Waals surface area contributed by atoms with Gasteiger partial charge in [0.25, 0.3) is 0 Å². The Bertz CT molecular complexity index is 377. The molecule has 0 saturated carbocycles. The molecule has 2 rings (SSSR count). The highest BCUT2D eigenvalue weighted by Crippen LogP contribution is 2.32. The van der Waals surface area contributed by atoms with Gasteiger partial charge in [-0.25, -0.2) is 0 Å². The first-order chi connectivity index (χ1) is 9.31. The van der Waals surface area contributed by atoms with Crippen LogP contribution in [-0.2, 0) is 0 Å². The van der Waals surface area contributed by atoms with Gasteiger partial charge in [0, 0.05) is 11.6 Å². The number of benzene rings is 1. The standard InChI is InChI=1S/C17H27NO/c1-3-4-5-6-7-10-14(2)18-16-13-19-17-12-9-8-11-15(16)17/h8-9,11-12,14,16,18H,3-7,10,13H2,1-2H3. The molecule has 106 valence electrons. The van der Waals surface area contributed by atoms with Crippen molar-refractivity contribution < 1.29 is 4.74 Å². The summed E-state index contributed by atoms with van der Waals surface area (Å²) >= 11 is 0. The van der Waals surface area contributed by atoms with Gasteiger partial charge in [0.15, 0.2) is 0 Å². The van der Waals surface area contributed by atoms with Crippen LogP contribution < -0.4 is 10.1 Å². The van der Waals surface area contributed by atoms with Crippen molar-refractivity contribution in [3.8, 4) is 5.75 Å². The Balaban J connectivity index is 1.70. The molecule has 0 spiro atoms. The first kappa shape index (κ1) is 14.4. The summed E-state index contributed by atoms with van der Waals surface area (Å²) in [6, 6.07) is 9.32. The third-order valence-corrected chi connectivity index (χ3v) is 3.93. The van der Waals surface area contributed by atoms with Crippen molar-refractivity contribution in [2.45, 2.75) is 64.5 Å². The molecule has 0 aromatic heterocycles. The molecule has 1 aliphatic rings. The summed E-state index contributed by atoms with van der Waals surface area (Å²) in [6.07, 6.45) is 8.07. The van der Waals surface area contributed by atoms with E-state index in [-0.39, 0.29) is 0 Å². The predicted octanol–water partition coefficient (Wildman–Crippen LogP) is 4.46. The average molecular weight is 261 g/mol. The quantitative estimate of drug-likeness (QED) is 0.698. The molecule has 1 aliphatic heterocycles. The van der Waals surface area contributed by atoms with E-state index in [0.717, 1.165) is 12.4 Å². The van der Waals surface area contributed by atoms with Crippen LogP contribution in [0.3, 0.4) is 0 Å². The highest BCUT2D eigenvalue weighted by molar-refractivity contribution is 5.39. The van der Waals surface area contributed by atoms with Gasteiger partial charge >= 0.3 is 0 Å². The van der Waals surface area contributed by atoms with Crippen molar-refractivity contribution in [2.24, 2.45) is 0 Å². The fourth-order valence-electron chi connectivity index (χ4n) is 2.78. The van der Waals surface area contributed by atoms with Crippen molar-refractivity contribution in [3.05, 3.63) is 29.8 Å². The molecule has 0 aliphatic carbocycles. The lowest BCUT2D eigenvalue weighted by molar-refractivity contribution is 0.295. The van der Waals surface area contributed by atoms with Crippen molar-refractivity contribution in [1.29, 1.82) is 0 Å². The molecule has 2 heteroatoms. The largest absolute Gasteiger partial charge is 0.491 e. The minimum atomic E-state index is 0.377. The number of rotatable bonds is 8. The Hall–Kier alpha value is -1.02. The normalized spacial score (nSPS) is 18.9. The van der Waals surface area contributed by atoms with Crippen LogP contribution >= 0.6 is 0 Å². The van der Waals surface area contributed by atoms with Gasteiger partial charge in [-0.2, -0.15) is 0 Å². The van der Waals surface area contributed by atoms with Crippen LogP contribution in [0.1, 0.15) is 64.0 Å². The van der Waals surface area contributed by atoms with E-state index in [2.05, 4.69) is 37.4 Å². The molecule has 2 atom stereocenters. The monoisotopic (exact) mass is 261 g/mol. The maximum absolute atomic E-state index is 5.71. The van der Waals surface area contributed by atoms with Crippen LogP contribution in [0.15, 0.2) is 24.3 Å². The zero-order valence-electron chi connectivity index (χ0n) is 12.3. The highest BCUT2D eigenvalue weighted by atomic mass is 16.5. The Labute approximate surface area is 117 Å². The Kier molecular flexibility index (Phi) is 5.71. The molecule has 0 amide bonds. The SMILES string of the molecule is CCCCCCCC(C)NC1COc2ccccc21. The molecule has 1 heterocycles. The van der Waals surface area contributed by atoms with E-state index in [1.165, 1.54) is 44.1 Å². The molecular weight excluding hydrogens is 234 g/mol. The third kappa shape index (κ3) is 4.24. The van der Waals surface area contributed by atoms with Gasteiger partial charge in [0.1, 0.15) is 12.4 Å². The smallest absolute Gasteiger partial charge is 0.124 e. The molecule has 0 bridgehead atoms. The van der Waals surface area contributed by atoms with E-state index in [1.54, 1.807) is 0 Å². The maximum atomic E-state index is 5.71. The summed E-state index contributed by atoms with van der Waals surface area (Å²) in [5.74, 6) is 1.05. The number of para-hydroxylation sites is 1. The lowest BCUT2D eigenvalue weighted by atomic mass is 10.0. The van der Waals surface area contributed by atoms with Crippen LogP contribution in [0.2, 0.25) is 0 Å². The van der Waals surface area contributed by atoms with Crippen molar-refractivity contribution in [3.63, 3.8) is 0 Å². The van der Waals surface area contributed by atoms with Crippen LogP contribution in [0.4, 0.5) is 0 Å². The zero-order chi connectivity index (χ0) is 13.5. The van der Waals surface area contributed by atoms with E-state index < -0.39 is 0 Å². The fraction of sp³-hybridized carbons (Fsp3) is 0.647. The highest BCUT2D eigenvalue weighted by Gasteiger charge is 2.24. The summed E-state index contributed by atoms with van der Waals surface area (Å²) in [5, 5.41) is 3.70. The molecular formula is C17H27NO. The molecule has 2 nitrogen and oxygen atoms in total. The number of fused-ring (bicyclic) bond motifs is 1. The van der Waals surface area contributed by atoms with Gasteiger partial charge in [-0.1, -0.05) is 57.2 Å². The topological polar surface area (TPSA) is 21.3 Å². The third-order valence-electron chi connectivity index (χ3n) is 3.93. The summed E-state index contributed by atoms with van der Waals surface area (Å²) in [7, 11) is 0. The van der Waals surface area contributed by atoms with Crippen LogP contribution in [-0.4, -0.2) is 12.6 Å². The minimum absolute atomic E-state index is 0.377. The first-order valence-electron chi connectivity index (χ1n) is 7.79. The summed E-state index contributed by atoms with van der Waals surface area (Å²) in [5.41, 5.74) is 1.32. The van der Waals surface area contributed by atoms with Crippen molar-refractivity contribution in [2.75, 3.05) is 6.61 Å². The lowest BCUT2D eigenvalue weighted by Gasteiger charge is -2.18.